The van der Waals surface area contributed by atoms with Gasteiger partial charge in [-0.2, -0.15) is 0 Å². The predicted octanol–water partition coefficient (Wildman–Crippen LogP) is 2.55. The van der Waals surface area contributed by atoms with E-state index in [0.29, 0.717) is 12.5 Å². The average Bonchev–Trinajstić information content (AvgIpc) is 2.54. The van der Waals surface area contributed by atoms with Gasteiger partial charge < -0.3 is 15.4 Å². The van der Waals surface area contributed by atoms with E-state index in [2.05, 4.69) is 41.1 Å². The molecular weight excluding hydrogens is 262 g/mol. The minimum absolute atomic E-state index is 0.284. The fraction of sp³-hybridized carbons (Fsp3) is 0.471. The summed E-state index contributed by atoms with van der Waals surface area (Å²) in [5.41, 5.74) is 9.00. The fourth-order valence-electron chi connectivity index (χ4n) is 3.14. The van der Waals surface area contributed by atoms with E-state index in [-0.39, 0.29) is 6.10 Å². The van der Waals surface area contributed by atoms with Crippen LogP contribution in [0.3, 0.4) is 0 Å². The molecule has 1 saturated heterocycles. The van der Waals surface area contributed by atoms with Crippen molar-refractivity contribution in [2.45, 2.75) is 26.0 Å². The number of rotatable bonds is 3. The molecule has 1 aromatic heterocycles. The summed E-state index contributed by atoms with van der Waals surface area (Å²) >= 11 is 0. The normalized spacial score (nSPS) is 22.7. The van der Waals surface area contributed by atoms with Gasteiger partial charge in [-0.25, -0.2) is 0 Å². The summed E-state index contributed by atoms with van der Waals surface area (Å²) in [6, 6.07) is 10.4. The van der Waals surface area contributed by atoms with E-state index in [1.165, 1.54) is 11.1 Å². The Bertz CT molecular complexity index is 628. The van der Waals surface area contributed by atoms with Crippen molar-refractivity contribution in [2.75, 3.05) is 25.1 Å². The lowest BCUT2D eigenvalue weighted by Gasteiger charge is -2.38. The largest absolute Gasteiger partial charge is 0.379 e. The smallest absolute Gasteiger partial charge is 0.0772 e. The van der Waals surface area contributed by atoms with Gasteiger partial charge in [0.25, 0.3) is 0 Å². The van der Waals surface area contributed by atoms with Crippen molar-refractivity contribution in [2.24, 2.45) is 11.7 Å². The molecule has 112 valence electrons. The quantitative estimate of drug-likeness (QED) is 0.941. The SMILES string of the molecule is COC1CN(c2cc(CN)nc3ccccc23)CCC1C. The van der Waals surface area contributed by atoms with Crippen LogP contribution in [0, 0.1) is 5.92 Å². The van der Waals surface area contributed by atoms with Crippen LogP contribution in [0.2, 0.25) is 0 Å². The Balaban J connectivity index is 2.02. The second-order valence-electron chi connectivity index (χ2n) is 5.84. The van der Waals surface area contributed by atoms with E-state index in [9.17, 15) is 0 Å². The van der Waals surface area contributed by atoms with E-state index < -0.39 is 0 Å². The molecule has 0 saturated carbocycles. The number of anilines is 1. The standard InChI is InChI=1S/C17H23N3O/c1-12-7-8-20(11-17(12)21-2)16-9-13(10-18)19-15-6-4-3-5-14(15)16/h3-6,9,12,17H,7-8,10-11,18H2,1-2H3. The Morgan fingerprint density at radius 2 is 2.19 bits per heavy atom. The van der Waals surface area contributed by atoms with E-state index in [4.69, 9.17) is 10.5 Å². The highest BCUT2D eigenvalue weighted by Gasteiger charge is 2.27. The molecule has 1 fully saturated rings. The summed E-state index contributed by atoms with van der Waals surface area (Å²) in [6.45, 7) is 4.71. The van der Waals surface area contributed by atoms with E-state index >= 15 is 0 Å². The third-order valence-electron chi connectivity index (χ3n) is 4.49. The van der Waals surface area contributed by atoms with Gasteiger partial charge >= 0.3 is 0 Å². The molecule has 1 aliphatic rings. The van der Waals surface area contributed by atoms with Crippen molar-refractivity contribution in [3.8, 4) is 0 Å². The molecule has 4 heteroatoms. The third-order valence-corrected chi connectivity index (χ3v) is 4.49. The monoisotopic (exact) mass is 285 g/mol. The van der Waals surface area contributed by atoms with Gasteiger partial charge in [-0.15, -0.1) is 0 Å². The lowest BCUT2D eigenvalue weighted by molar-refractivity contribution is 0.0499. The lowest BCUT2D eigenvalue weighted by Crippen LogP contribution is -2.44. The topological polar surface area (TPSA) is 51.4 Å². The highest BCUT2D eigenvalue weighted by molar-refractivity contribution is 5.92. The highest BCUT2D eigenvalue weighted by Crippen LogP contribution is 2.31. The molecule has 2 aromatic rings. The number of piperidine rings is 1. The van der Waals surface area contributed by atoms with Crippen LogP contribution >= 0.6 is 0 Å². The second-order valence-corrected chi connectivity index (χ2v) is 5.84. The van der Waals surface area contributed by atoms with Gasteiger partial charge in [0.1, 0.15) is 0 Å². The molecule has 2 N–H and O–H groups in total. The molecule has 21 heavy (non-hydrogen) atoms. The number of pyridine rings is 1. The van der Waals surface area contributed by atoms with Crippen LogP contribution < -0.4 is 10.6 Å². The molecular formula is C17H23N3O. The summed E-state index contributed by atoms with van der Waals surface area (Å²) < 4.78 is 5.64. The van der Waals surface area contributed by atoms with Crippen LogP contribution in [0.5, 0.6) is 0 Å². The van der Waals surface area contributed by atoms with Crippen molar-refractivity contribution in [3.05, 3.63) is 36.0 Å². The maximum Gasteiger partial charge on any atom is 0.0772 e. The van der Waals surface area contributed by atoms with Gasteiger partial charge in [-0.05, 0) is 24.5 Å². The van der Waals surface area contributed by atoms with Gasteiger partial charge in [-0.1, -0.05) is 25.1 Å². The van der Waals surface area contributed by atoms with Gasteiger partial charge in [0.2, 0.25) is 0 Å². The van der Waals surface area contributed by atoms with Crippen LogP contribution in [-0.2, 0) is 11.3 Å². The van der Waals surface area contributed by atoms with Crippen molar-refractivity contribution in [3.63, 3.8) is 0 Å². The number of para-hydroxylation sites is 1. The molecule has 4 nitrogen and oxygen atoms in total. The number of aromatic nitrogens is 1. The number of nitrogens with two attached hydrogens (primary N) is 1. The Labute approximate surface area is 125 Å². The molecule has 2 atom stereocenters. The van der Waals surface area contributed by atoms with Crippen LogP contribution in [0.15, 0.2) is 30.3 Å². The molecule has 3 rings (SSSR count). The maximum atomic E-state index is 5.81. The number of fused-ring (bicyclic) bond motifs is 1. The highest BCUT2D eigenvalue weighted by atomic mass is 16.5. The first-order chi connectivity index (χ1) is 10.2. The number of nitrogens with zero attached hydrogens (tertiary/aromatic N) is 2. The first kappa shape index (κ1) is 14.3. The third kappa shape index (κ3) is 2.74. The Kier molecular flexibility index (Phi) is 4.08. The summed E-state index contributed by atoms with van der Waals surface area (Å²) in [5.74, 6) is 0.605. The predicted molar refractivity (Wildman–Crippen MR) is 86.4 cm³/mol. The number of methoxy groups -OCH3 is 1. The summed E-state index contributed by atoms with van der Waals surface area (Å²) in [7, 11) is 1.81. The van der Waals surface area contributed by atoms with Gasteiger partial charge in [0, 0.05) is 37.8 Å². The van der Waals surface area contributed by atoms with Crippen LogP contribution in [-0.4, -0.2) is 31.3 Å². The fourth-order valence-corrected chi connectivity index (χ4v) is 3.14. The zero-order chi connectivity index (χ0) is 14.8. The van der Waals surface area contributed by atoms with E-state index in [1.807, 2.05) is 6.07 Å². The van der Waals surface area contributed by atoms with Crippen LogP contribution in [0.4, 0.5) is 5.69 Å². The van der Waals surface area contributed by atoms with E-state index in [1.54, 1.807) is 7.11 Å². The molecule has 0 amide bonds. The van der Waals surface area contributed by atoms with Crippen molar-refractivity contribution in [1.82, 2.24) is 4.98 Å². The number of ether oxygens (including phenoxy) is 1. The Morgan fingerprint density at radius 3 is 2.95 bits per heavy atom. The second kappa shape index (κ2) is 6.00. The van der Waals surface area contributed by atoms with Crippen molar-refractivity contribution in [1.29, 1.82) is 0 Å². The summed E-state index contributed by atoms with van der Waals surface area (Å²) in [6.07, 6.45) is 1.43. The van der Waals surface area contributed by atoms with Gasteiger partial charge in [0.15, 0.2) is 0 Å². The number of hydrogen-bond donors (Lipinski definition) is 1. The van der Waals surface area contributed by atoms with Gasteiger partial charge in [0.05, 0.1) is 17.3 Å². The summed E-state index contributed by atoms with van der Waals surface area (Å²) in [5, 5.41) is 1.19. The lowest BCUT2D eigenvalue weighted by atomic mass is 9.95. The van der Waals surface area contributed by atoms with Gasteiger partial charge in [-0.3, -0.25) is 4.98 Å². The molecule has 0 radical (unpaired) electrons. The minimum Gasteiger partial charge on any atom is -0.379 e. The van der Waals surface area contributed by atoms with Crippen molar-refractivity contribution < 1.29 is 4.74 Å². The molecule has 1 aromatic carbocycles. The zero-order valence-corrected chi connectivity index (χ0v) is 12.7. The molecule has 0 spiro atoms. The minimum atomic E-state index is 0.284. The average molecular weight is 285 g/mol. The molecule has 2 heterocycles. The molecule has 2 unspecified atom stereocenters. The Morgan fingerprint density at radius 1 is 1.38 bits per heavy atom. The van der Waals surface area contributed by atoms with E-state index in [0.717, 1.165) is 30.7 Å². The maximum absolute atomic E-state index is 5.81. The Hall–Kier alpha value is -1.65. The first-order valence-electron chi connectivity index (χ1n) is 7.59. The number of hydrogen-bond acceptors (Lipinski definition) is 4. The molecule has 0 bridgehead atoms. The number of benzene rings is 1. The summed E-state index contributed by atoms with van der Waals surface area (Å²) in [4.78, 5) is 7.03. The van der Waals surface area contributed by atoms with Crippen LogP contribution in [0.25, 0.3) is 10.9 Å². The molecule has 1 aliphatic heterocycles. The van der Waals surface area contributed by atoms with Crippen molar-refractivity contribution >= 4 is 16.6 Å². The molecule has 0 aliphatic carbocycles. The zero-order valence-electron chi connectivity index (χ0n) is 12.7. The first-order valence-corrected chi connectivity index (χ1v) is 7.59. The van der Waals surface area contributed by atoms with Crippen LogP contribution in [0.1, 0.15) is 19.0 Å².